The van der Waals surface area contributed by atoms with Gasteiger partial charge in [-0.2, -0.15) is 9.57 Å². The summed E-state index contributed by atoms with van der Waals surface area (Å²) in [5.41, 5.74) is 1.93. The molecule has 3 rings (SSSR count). The van der Waals surface area contributed by atoms with Crippen LogP contribution in [0.5, 0.6) is 0 Å². The third-order valence-electron chi connectivity index (χ3n) is 4.76. The van der Waals surface area contributed by atoms with E-state index in [1.807, 2.05) is 19.0 Å². The largest absolute Gasteiger partial charge is 0.308 e. The Balaban J connectivity index is 1.93. The van der Waals surface area contributed by atoms with Crippen molar-refractivity contribution in [1.29, 1.82) is 5.26 Å². The molecule has 1 aromatic heterocycles. The average molecular weight is 385 g/mol. The summed E-state index contributed by atoms with van der Waals surface area (Å²) in [5.74, 6) is 0. The summed E-state index contributed by atoms with van der Waals surface area (Å²) in [6.45, 7) is 1.23. The molecule has 1 atom stereocenters. The number of nitrogens with zero attached hydrogens (tertiary/aromatic N) is 4. The summed E-state index contributed by atoms with van der Waals surface area (Å²) in [6, 6.07) is 14.1. The van der Waals surface area contributed by atoms with Gasteiger partial charge in [0.1, 0.15) is 0 Å². The zero-order valence-corrected chi connectivity index (χ0v) is 16.5. The first-order chi connectivity index (χ1) is 12.9. The topological polar surface area (TPSA) is 77.3 Å². The summed E-state index contributed by atoms with van der Waals surface area (Å²) < 4.78 is 28.1. The van der Waals surface area contributed by atoms with Crippen molar-refractivity contribution < 1.29 is 8.42 Å². The minimum Gasteiger partial charge on any atom is -0.308 e. The molecule has 2 heterocycles. The molecule has 7 heteroatoms. The van der Waals surface area contributed by atoms with Gasteiger partial charge in [-0.3, -0.25) is 0 Å². The molecule has 0 aliphatic carbocycles. The fourth-order valence-corrected chi connectivity index (χ4v) is 5.09. The number of pyridine rings is 1. The first-order valence-corrected chi connectivity index (χ1v) is 10.5. The van der Waals surface area contributed by atoms with Crippen LogP contribution in [0.4, 0.5) is 0 Å². The molecule has 0 radical (unpaired) electrons. The van der Waals surface area contributed by atoms with Crippen molar-refractivity contribution in [3.63, 3.8) is 0 Å². The number of piperidine rings is 1. The van der Waals surface area contributed by atoms with Crippen LogP contribution < -0.4 is 0 Å². The highest BCUT2D eigenvalue weighted by molar-refractivity contribution is 7.89. The number of likely N-dealkylation sites (N-methyl/N-ethyl adjacent to an activating group) is 1. The van der Waals surface area contributed by atoms with Crippen LogP contribution in [0.15, 0.2) is 47.5 Å². The van der Waals surface area contributed by atoms with Gasteiger partial charge >= 0.3 is 0 Å². The van der Waals surface area contributed by atoms with Crippen LogP contribution in [-0.4, -0.2) is 55.8 Å². The minimum atomic E-state index is -3.66. The molecule has 0 bridgehead atoms. The van der Waals surface area contributed by atoms with Gasteiger partial charge in [0.05, 0.1) is 17.3 Å². The molecule has 0 saturated carbocycles. The Morgan fingerprint density at radius 1 is 1.19 bits per heavy atom. The zero-order valence-electron chi connectivity index (χ0n) is 15.7. The predicted octanol–water partition coefficient (Wildman–Crippen LogP) is 2.73. The Morgan fingerprint density at radius 2 is 1.93 bits per heavy atom. The van der Waals surface area contributed by atoms with E-state index in [0.29, 0.717) is 24.3 Å². The van der Waals surface area contributed by atoms with Crippen molar-refractivity contribution in [3.05, 3.63) is 48.0 Å². The lowest BCUT2D eigenvalue weighted by Crippen LogP contribution is -2.48. The molecule has 6 nitrogen and oxygen atoms in total. The number of hydrogen-bond acceptors (Lipinski definition) is 5. The van der Waals surface area contributed by atoms with E-state index in [0.717, 1.165) is 24.8 Å². The normalized spacial score (nSPS) is 18.4. The van der Waals surface area contributed by atoms with Crippen molar-refractivity contribution >= 4 is 10.0 Å². The smallest absolute Gasteiger partial charge is 0.260 e. The van der Waals surface area contributed by atoms with E-state index < -0.39 is 10.0 Å². The van der Waals surface area contributed by atoms with Crippen LogP contribution in [0.2, 0.25) is 0 Å². The van der Waals surface area contributed by atoms with Gasteiger partial charge in [-0.05, 0) is 51.2 Å². The highest BCUT2D eigenvalue weighted by Gasteiger charge is 2.34. The number of benzene rings is 1. The number of nitriles is 1. The number of sulfonamides is 1. The fraction of sp³-hybridized carbons (Fsp3) is 0.400. The Hall–Kier alpha value is -2.27. The first kappa shape index (κ1) is 19.5. The summed E-state index contributed by atoms with van der Waals surface area (Å²) >= 11 is 0. The van der Waals surface area contributed by atoms with Gasteiger partial charge in [0.25, 0.3) is 10.0 Å². The summed E-state index contributed by atoms with van der Waals surface area (Å²) in [5, 5.41) is 9.01. The molecule has 0 amide bonds. The molecular weight excluding hydrogens is 360 g/mol. The maximum atomic E-state index is 13.3. The van der Waals surface area contributed by atoms with E-state index in [4.69, 9.17) is 5.26 Å². The maximum Gasteiger partial charge on any atom is 0.260 e. The van der Waals surface area contributed by atoms with Crippen LogP contribution in [-0.2, 0) is 10.0 Å². The summed E-state index contributed by atoms with van der Waals surface area (Å²) in [7, 11) is 0.266. The Labute approximate surface area is 161 Å². The van der Waals surface area contributed by atoms with E-state index in [-0.39, 0.29) is 11.1 Å². The molecule has 1 unspecified atom stereocenters. The molecule has 27 heavy (non-hydrogen) atoms. The molecule has 0 N–H and O–H groups in total. The molecule has 1 fully saturated rings. The van der Waals surface area contributed by atoms with E-state index in [2.05, 4.69) is 11.1 Å². The Kier molecular flexibility index (Phi) is 5.90. The van der Waals surface area contributed by atoms with Crippen LogP contribution in [0.3, 0.4) is 0 Å². The molecule has 2 aromatic rings. The van der Waals surface area contributed by atoms with Gasteiger partial charge < -0.3 is 4.90 Å². The highest BCUT2D eigenvalue weighted by atomic mass is 32.2. The summed E-state index contributed by atoms with van der Waals surface area (Å²) in [6.07, 6.45) is 2.79. The van der Waals surface area contributed by atoms with Crippen molar-refractivity contribution in [2.45, 2.75) is 30.3 Å². The average Bonchev–Trinajstić information content (AvgIpc) is 2.68. The van der Waals surface area contributed by atoms with Gasteiger partial charge in [-0.15, -0.1) is 0 Å². The van der Waals surface area contributed by atoms with Gasteiger partial charge in [0.15, 0.2) is 5.03 Å². The molecule has 1 saturated heterocycles. The van der Waals surface area contributed by atoms with Crippen LogP contribution in [0.1, 0.15) is 24.8 Å². The third-order valence-corrected chi connectivity index (χ3v) is 6.61. The number of aromatic nitrogens is 1. The molecule has 1 aliphatic rings. The molecule has 0 spiro atoms. The van der Waals surface area contributed by atoms with Crippen molar-refractivity contribution in [2.75, 3.05) is 27.2 Å². The van der Waals surface area contributed by atoms with E-state index in [1.165, 1.54) is 0 Å². The highest BCUT2D eigenvalue weighted by Crippen LogP contribution is 2.26. The van der Waals surface area contributed by atoms with Crippen molar-refractivity contribution in [3.8, 4) is 17.3 Å². The molecule has 1 aliphatic heterocycles. The lowest BCUT2D eigenvalue weighted by molar-refractivity contribution is 0.204. The molecule has 142 valence electrons. The minimum absolute atomic E-state index is 0.0286. The second-order valence-corrected chi connectivity index (χ2v) is 8.92. The zero-order chi connectivity index (χ0) is 19.4. The van der Waals surface area contributed by atoms with Crippen LogP contribution in [0, 0.1) is 11.3 Å². The molecule has 1 aromatic carbocycles. The van der Waals surface area contributed by atoms with Crippen LogP contribution >= 0.6 is 0 Å². The van der Waals surface area contributed by atoms with Crippen molar-refractivity contribution in [1.82, 2.24) is 14.2 Å². The standard InChI is InChI=1S/C20H24N4O2S/c1-23(2)15-18-6-3-4-13-24(18)27(25,26)20-8-5-7-19(22-20)17-11-9-16(14-21)10-12-17/h5,7-12,18H,3-4,6,13,15H2,1-2H3. The quantitative estimate of drug-likeness (QED) is 0.792. The predicted molar refractivity (Wildman–Crippen MR) is 104 cm³/mol. The first-order valence-electron chi connectivity index (χ1n) is 9.06. The van der Waals surface area contributed by atoms with E-state index >= 15 is 0 Å². The van der Waals surface area contributed by atoms with E-state index in [1.54, 1.807) is 46.8 Å². The van der Waals surface area contributed by atoms with Gasteiger partial charge in [-0.25, -0.2) is 13.4 Å². The number of rotatable bonds is 5. The van der Waals surface area contributed by atoms with Gasteiger partial charge in [0, 0.05) is 24.7 Å². The maximum absolute atomic E-state index is 13.3. The summed E-state index contributed by atoms with van der Waals surface area (Å²) in [4.78, 5) is 6.46. The van der Waals surface area contributed by atoms with Crippen molar-refractivity contribution in [2.24, 2.45) is 0 Å². The monoisotopic (exact) mass is 384 g/mol. The lowest BCUT2D eigenvalue weighted by Gasteiger charge is -2.35. The fourth-order valence-electron chi connectivity index (χ4n) is 3.45. The SMILES string of the molecule is CN(C)CC1CCCCN1S(=O)(=O)c1cccc(-c2ccc(C#N)cc2)n1. The number of hydrogen-bond donors (Lipinski definition) is 0. The van der Waals surface area contributed by atoms with Crippen LogP contribution in [0.25, 0.3) is 11.3 Å². The lowest BCUT2D eigenvalue weighted by atomic mass is 10.0. The third kappa shape index (κ3) is 4.35. The second-order valence-electron chi connectivity index (χ2n) is 7.08. The Morgan fingerprint density at radius 3 is 2.59 bits per heavy atom. The second kappa shape index (κ2) is 8.17. The van der Waals surface area contributed by atoms with E-state index in [9.17, 15) is 8.42 Å². The van der Waals surface area contributed by atoms with Gasteiger partial charge in [-0.1, -0.05) is 24.6 Å². The van der Waals surface area contributed by atoms with Gasteiger partial charge in [0.2, 0.25) is 0 Å². The Bertz CT molecular complexity index is 933. The molecular formula is C20H24N4O2S.